The van der Waals surface area contributed by atoms with Crippen molar-refractivity contribution >= 4 is 17.3 Å². The van der Waals surface area contributed by atoms with Crippen molar-refractivity contribution in [2.24, 2.45) is 0 Å². The SMILES string of the molecule is OCCOCCNc1ncc(-c2cnccn2)c(-c2cccs2)n1. The molecule has 0 aromatic carbocycles. The Kier molecular flexibility index (Phi) is 5.78. The molecule has 3 heterocycles. The van der Waals surface area contributed by atoms with Crippen LogP contribution in [0.1, 0.15) is 0 Å². The molecule has 0 amide bonds. The molecule has 2 N–H and O–H groups in total. The quantitative estimate of drug-likeness (QED) is 0.605. The molecule has 0 aliphatic heterocycles. The minimum absolute atomic E-state index is 0.0197. The third-order valence-corrected chi connectivity index (χ3v) is 4.02. The van der Waals surface area contributed by atoms with Gasteiger partial charge in [-0.05, 0) is 11.4 Å². The lowest BCUT2D eigenvalue weighted by Gasteiger charge is -2.10. The maximum Gasteiger partial charge on any atom is 0.223 e. The molecule has 3 aromatic heterocycles. The smallest absolute Gasteiger partial charge is 0.223 e. The number of hydrogen-bond acceptors (Lipinski definition) is 8. The zero-order valence-electron chi connectivity index (χ0n) is 12.9. The van der Waals surface area contributed by atoms with Crippen molar-refractivity contribution in [3.8, 4) is 21.8 Å². The number of nitrogens with zero attached hydrogens (tertiary/aromatic N) is 4. The van der Waals surface area contributed by atoms with Crippen LogP contribution < -0.4 is 5.32 Å². The Morgan fingerprint density at radius 2 is 2.12 bits per heavy atom. The molecule has 0 aliphatic carbocycles. The highest BCUT2D eigenvalue weighted by atomic mass is 32.1. The van der Waals surface area contributed by atoms with Gasteiger partial charge in [-0.15, -0.1) is 11.3 Å². The predicted octanol–water partition coefficient (Wildman–Crippen LogP) is 2.08. The Morgan fingerprint density at radius 1 is 1.17 bits per heavy atom. The number of thiophene rings is 1. The summed E-state index contributed by atoms with van der Waals surface area (Å²) in [6.07, 6.45) is 6.74. The van der Waals surface area contributed by atoms with Gasteiger partial charge in [0.2, 0.25) is 5.95 Å². The monoisotopic (exact) mass is 343 g/mol. The van der Waals surface area contributed by atoms with Crippen LogP contribution in [0.4, 0.5) is 5.95 Å². The fourth-order valence-corrected chi connectivity index (χ4v) is 2.82. The number of rotatable bonds is 8. The molecule has 0 atom stereocenters. The molecule has 0 aliphatic rings. The van der Waals surface area contributed by atoms with E-state index in [4.69, 9.17) is 9.84 Å². The number of aliphatic hydroxyl groups is 1. The first-order chi connectivity index (χ1) is 11.9. The Hall–Kier alpha value is -2.42. The number of aromatic nitrogens is 4. The van der Waals surface area contributed by atoms with E-state index in [2.05, 4.69) is 25.3 Å². The molecule has 3 aromatic rings. The maximum atomic E-state index is 8.68. The summed E-state index contributed by atoms with van der Waals surface area (Å²) in [5.74, 6) is 0.527. The number of ether oxygens (including phenoxy) is 1. The zero-order valence-corrected chi connectivity index (χ0v) is 13.7. The van der Waals surface area contributed by atoms with Gasteiger partial charge in [0.1, 0.15) is 0 Å². The molecule has 0 bridgehead atoms. The van der Waals surface area contributed by atoms with Crippen molar-refractivity contribution in [2.75, 3.05) is 31.7 Å². The van der Waals surface area contributed by atoms with Crippen LogP contribution in [0.2, 0.25) is 0 Å². The fourth-order valence-electron chi connectivity index (χ4n) is 2.10. The molecule has 7 nitrogen and oxygen atoms in total. The summed E-state index contributed by atoms with van der Waals surface area (Å²) < 4.78 is 5.22. The van der Waals surface area contributed by atoms with Crippen LogP contribution in [-0.2, 0) is 4.74 Å². The summed E-state index contributed by atoms with van der Waals surface area (Å²) in [7, 11) is 0. The number of anilines is 1. The van der Waals surface area contributed by atoms with E-state index in [0.29, 0.717) is 25.7 Å². The van der Waals surface area contributed by atoms with Gasteiger partial charge in [-0.25, -0.2) is 9.97 Å². The number of hydrogen-bond donors (Lipinski definition) is 2. The van der Waals surface area contributed by atoms with Crippen molar-refractivity contribution < 1.29 is 9.84 Å². The highest BCUT2D eigenvalue weighted by Gasteiger charge is 2.13. The van der Waals surface area contributed by atoms with Crippen LogP contribution in [0.25, 0.3) is 21.8 Å². The van der Waals surface area contributed by atoms with Gasteiger partial charge in [-0.1, -0.05) is 6.07 Å². The van der Waals surface area contributed by atoms with Crippen molar-refractivity contribution in [1.29, 1.82) is 0 Å². The van der Waals surface area contributed by atoms with Gasteiger partial charge in [0.15, 0.2) is 0 Å². The largest absolute Gasteiger partial charge is 0.394 e. The molecule has 0 fully saturated rings. The van der Waals surface area contributed by atoms with Crippen molar-refractivity contribution in [3.63, 3.8) is 0 Å². The molecule has 0 saturated carbocycles. The first kappa shape index (κ1) is 16.4. The average molecular weight is 343 g/mol. The minimum atomic E-state index is 0.0197. The van der Waals surface area contributed by atoms with Crippen LogP contribution in [0.5, 0.6) is 0 Å². The van der Waals surface area contributed by atoms with Gasteiger partial charge < -0.3 is 15.2 Å². The fraction of sp³-hybridized carbons (Fsp3) is 0.250. The summed E-state index contributed by atoms with van der Waals surface area (Å²) in [5, 5.41) is 13.8. The van der Waals surface area contributed by atoms with Crippen LogP contribution in [-0.4, -0.2) is 51.4 Å². The molecule has 24 heavy (non-hydrogen) atoms. The summed E-state index contributed by atoms with van der Waals surface area (Å²) in [6, 6.07) is 4.00. The second kappa shape index (κ2) is 8.44. The van der Waals surface area contributed by atoms with Crippen LogP contribution in [0, 0.1) is 0 Å². The molecule has 0 saturated heterocycles. The molecule has 8 heteroatoms. The normalized spacial score (nSPS) is 10.7. The highest BCUT2D eigenvalue weighted by Crippen LogP contribution is 2.32. The lowest BCUT2D eigenvalue weighted by atomic mass is 10.1. The summed E-state index contributed by atoms with van der Waals surface area (Å²) in [6.45, 7) is 1.39. The Bertz CT molecular complexity index is 752. The predicted molar refractivity (Wildman–Crippen MR) is 92.8 cm³/mol. The molecular weight excluding hydrogens is 326 g/mol. The van der Waals surface area contributed by atoms with Gasteiger partial charge in [-0.3, -0.25) is 9.97 Å². The van der Waals surface area contributed by atoms with Gasteiger partial charge in [-0.2, -0.15) is 0 Å². The summed E-state index contributed by atoms with van der Waals surface area (Å²) in [4.78, 5) is 18.5. The molecule has 0 unspecified atom stereocenters. The standard InChI is InChI=1S/C16H17N5O2S/c22-6-8-23-7-5-19-16-20-10-12(13-11-17-3-4-18-13)15(21-16)14-2-1-9-24-14/h1-4,9-11,22H,5-8H2,(H,19,20,21). The number of nitrogens with one attached hydrogen (secondary N) is 1. The van der Waals surface area contributed by atoms with Gasteiger partial charge in [0.25, 0.3) is 0 Å². The van der Waals surface area contributed by atoms with E-state index in [1.165, 1.54) is 0 Å². The lowest BCUT2D eigenvalue weighted by molar-refractivity contribution is 0.0991. The van der Waals surface area contributed by atoms with E-state index in [1.54, 1.807) is 36.1 Å². The topological polar surface area (TPSA) is 93.1 Å². The average Bonchev–Trinajstić information content (AvgIpc) is 3.17. The third-order valence-electron chi connectivity index (χ3n) is 3.15. The Morgan fingerprint density at radius 3 is 2.88 bits per heavy atom. The summed E-state index contributed by atoms with van der Waals surface area (Å²) >= 11 is 1.61. The van der Waals surface area contributed by atoms with Gasteiger partial charge >= 0.3 is 0 Å². The van der Waals surface area contributed by atoms with E-state index >= 15 is 0 Å². The van der Waals surface area contributed by atoms with Crippen molar-refractivity contribution in [3.05, 3.63) is 42.3 Å². The zero-order chi connectivity index (χ0) is 16.6. The molecule has 3 rings (SSSR count). The minimum Gasteiger partial charge on any atom is -0.394 e. The molecule has 124 valence electrons. The van der Waals surface area contributed by atoms with E-state index < -0.39 is 0 Å². The van der Waals surface area contributed by atoms with Crippen LogP contribution >= 0.6 is 11.3 Å². The van der Waals surface area contributed by atoms with Crippen LogP contribution in [0.3, 0.4) is 0 Å². The second-order valence-corrected chi connectivity index (χ2v) is 5.73. The molecular formula is C16H17N5O2S. The number of aliphatic hydroxyl groups excluding tert-OH is 1. The third kappa shape index (κ3) is 4.10. The van der Waals surface area contributed by atoms with E-state index in [0.717, 1.165) is 21.8 Å². The molecule has 0 spiro atoms. The van der Waals surface area contributed by atoms with E-state index in [-0.39, 0.29) is 6.61 Å². The maximum absolute atomic E-state index is 8.68. The first-order valence-corrected chi connectivity index (χ1v) is 8.36. The van der Waals surface area contributed by atoms with E-state index in [1.807, 2.05) is 17.5 Å². The Labute approximate surface area is 143 Å². The lowest BCUT2D eigenvalue weighted by Crippen LogP contribution is -2.13. The highest BCUT2D eigenvalue weighted by molar-refractivity contribution is 7.13. The van der Waals surface area contributed by atoms with Crippen molar-refractivity contribution in [1.82, 2.24) is 19.9 Å². The van der Waals surface area contributed by atoms with E-state index in [9.17, 15) is 0 Å². The first-order valence-electron chi connectivity index (χ1n) is 7.48. The molecule has 0 radical (unpaired) electrons. The second-order valence-electron chi connectivity index (χ2n) is 4.79. The van der Waals surface area contributed by atoms with Crippen LogP contribution in [0.15, 0.2) is 42.3 Å². The summed E-state index contributed by atoms with van der Waals surface area (Å²) in [5.41, 5.74) is 2.39. The Balaban J connectivity index is 1.83. The van der Waals surface area contributed by atoms with Crippen molar-refractivity contribution in [2.45, 2.75) is 0 Å². The van der Waals surface area contributed by atoms with Gasteiger partial charge in [0.05, 0.1) is 42.3 Å². The van der Waals surface area contributed by atoms with Gasteiger partial charge in [0, 0.05) is 30.7 Å².